The van der Waals surface area contributed by atoms with Gasteiger partial charge in [0.05, 0.1) is 19.8 Å². The minimum atomic E-state index is -1.86. The van der Waals surface area contributed by atoms with Crippen molar-refractivity contribution in [3.63, 3.8) is 0 Å². The second-order valence-electron chi connectivity index (χ2n) is 41.9. The Kier molecular flexibility index (Phi) is 59.2. The van der Waals surface area contributed by atoms with E-state index in [-0.39, 0.29) is 28.1 Å². The summed E-state index contributed by atoms with van der Waals surface area (Å²) in [5, 5.41) is 0. The summed E-state index contributed by atoms with van der Waals surface area (Å²) in [7, 11) is -5.53. The van der Waals surface area contributed by atoms with Crippen molar-refractivity contribution in [3.8, 4) is 34.5 Å². The predicted molar refractivity (Wildman–Crippen MR) is 567 cm³/mol. The van der Waals surface area contributed by atoms with Gasteiger partial charge in [0.2, 0.25) is 0 Å². The standard InChI is InChI=1S/C118H193O9P3/c1-20-26-32-38-44-47-50-56-62-68-83-119-128(122-103-80-71-77-100(90-103)74-65-59-53-41-35-29-23-4)125-113-87-97(8)106(93-110(113)116(11,12)13)96(7)86-109(107-94-111(117(14,15)16)114(88-98(107)9)126-129(120-84-69-63-57-51-48-45-39-33-27-21-2)123-104-81-72-78-101(91-104)75-66-60-54-42-36-30-24-5)108-95-112(118(17,18)19)115(89-99(108)10)127-130(121-85-70-64-58-52-49-46-40-34-28-22-3)124-105-82-73-79-102(92-105)76-67-61-55-43-37-31-25-6/h71-73,77-82,87-96,109H,20-70,74-76,83-86H2,1-19H3. The van der Waals surface area contributed by atoms with Crippen molar-refractivity contribution >= 4 is 25.8 Å². The van der Waals surface area contributed by atoms with Crippen LogP contribution in [-0.2, 0) is 49.1 Å². The molecule has 0 N–H and O–H groups in total. The Morgan fingerprint density at radius 1 is 0.246 bits per heavy atom. The van der Waals surface area contributed by atoms with Crippen molar-refractivity contribution < 1.29 is 40.7 Å². The van der Waals surface area contributed by atoms with Crippen LogP contribution in [-0.4, -0.2) is 19.8 Å². The van der Waals surface area contributed by atoms with Crippen molar-refractivity contribution in [2.75, 3.05) is 19.8 Å². The molecule has 6 rings (SSSR count). The second kappa shape index (κ2) is 67.5. The van der Waals surface area contributed by atoms with E-state index in [4.69, 9.17) is 40.7 Å². The van der Waals surface area contributed by atoms with E-state index in [1.165, 1.54) is 328 Å². The lowest BCUT2D eigenvalue weighted by Crippen LogP contribution is -2.19. The minimum Gasteiger partial charge on any atom is -0.418 e. The zero-order valence-electron chi connectivity index (χ0n) is 87.1. The smallest absolute Gasteiger partial charge is 0.418 e. The molecule has 4 unspecified atom stereocenters. The fourth-order valence-corrected chi connectivity index (χ4v) is 21.3. The average Bonchev–Trinajstić information content (AvgIpc) is 0.754. The molecule has 0 aromatic heterocycles. The van der Waals surface area contributed by atoms with Crippen LogP contribution in [0, 0.1) is 20.8 Å². The molecule has 0 radical (unpaired) electrons. The first-order valence-corrected chi connectivity index (χ1v) is 57.3. The van der Waals surface area contributed by atoms with Crippen molar-refractivity contribution in [1.29, 1.82) is 0 Å². The Bertz CT molecular complexity index is 3720. The van der Waals surface area contributed by atoms with Crippen LogP contribution in [0.25, 0.3) is 0 Å². The van der Waals surface area contributed by atoms with Gasteiger partial charge >= 0.3 is 25.8 Å². The Balaban J connectivity index is 1.46. The van der Waals surface area contributed by atoms with E-state index in [0.717, 1.165) is 127 Å². The van der Waals surface area contributed by atoms with E-state index < -0.39 is 25.8 Å². The van der Waals surface area contributed by atoms with Gasteiger partial charge in [-0.05, 0) is 212 Å². The maximum Gasteiger partial charge on any atom is 0.463 e. The normalized spacial score (nSPS) is 13.2. The lowest BCUT2D eigenvalue weighted by Gasteiger charge is -2.33. The summed E-state index contributed by atoms with van der Waals surface area (Å²) >= 11 is 0. The van der Waals surface area contributed by atoms with Gasteiger partial charge < -0.3 is 27.1 Å². The summed E-state index contributed by atoms with van der Waals surface area (Å²) in [5.41, 5.74) is 13.7. The number of hydrogen-bond donors (Lipinski definition) is 0. The van der Waals surface area contributed by atoms with Gasteiger partial charge in [-0.2, -0.15) is 0 Å². The summed E-state index contributed by atoms with van der Waals surface area (Å²) in [4.78, 5) is 0. The third-order valence-electron chi connectivity index (χ3n) is 26.4. The number of hydrogen-bond acceptors (Lipinski definition) is 9. The molecule has 6 aromatic rings. The van der Waals surface area contributed by atoms with Crippen LogP contribution in [0.15, 0.2) is 109 Å². The fourth-order valence-electron chi connectivity index (χ4n) is 18.3. The molecule has 0 saturated heterocycles. The molecule has 0 aliphatic carbocycles. The monoisotopic (exact) mass is 1850 g/mol. The first kappa shape index (κ1) is 114. The van der Waals surface area contributed by atoms with Crippen molar-refractivity contribution in [2.45, 2.75) is 513 Å². The fraction of sp³-hybridized carbons (Fsp3) is 0.695. The van der Waals surface area contributed by atoms with E-state index in [1.807, 2.05) is 0 Å². The van der Waals surface area contributed by atoms with Crippen LogP contribution in [0.5, 0.6) is 34.5 Å². The molecule has 0 aliphatic rings. The quantitative estimate of drug-likeness (QED) is 0.0274. The van der Waals surface area contributed by atoms with E-state index in [2.05, 4.69) is 241 Å². The van der Waals surface area contributed by atoms with Crippen LogP contribution < -0.4 is 27.1 Å². The molecule has 6 aromatic carbocycles. The number of unbranched alkanes of at least 4 members (excludes halogenated alkanes) is 45. The molecule has 0 aliphatic heterocycles. The third kappa shape index (κ3) is 47.4. The highest BCUT2D eigenvalue weighted by atomic mass is 31.2. The Labute approximate surface area is 804 Å². The number of benzene rings is 6. The highest BCUT2D eigenvalue weighted by Crippen LogP contribution is 2.53. The molecular formula is C118H193O9P3. The highest BCUT2D eigenvalue weighted by Gasteiger charge is 2.35. The van der Waals surface area contributed by atoms with Crippen molar-refractivity contribution in [1.82, 2.24) is 0 Å². The summed E-state index contributed by atoms with van der Waals surface area (Å²) in [5.74, 6) is 4.87. The van der Waals surface area contributed by atoms with Crippen LogP contribution in [0.1, 0.15) is 523 Å². The van der Waals surface area contributed by atoms with Crippen LogP contribution in [0.2, 0.25) is 0 Å². The van der Waals surface area contributed by atoms with E-state index in [9.17, 15) is 0 Å². The predicted octanol–water partition coefficient (Wildman–Crippen LogP) is 40.6. The largest absolute Gasteiger partial charge is 0.463 e. The van der Waals surface area contributed by atoms with Gasteiger partial charge in [0, 0.05) is 22.6 Å². The molecule has 0 spiro atoms. The number of aryl methyl sites for hydroxylation is 6. The lowest BCUT2D eigenvalue weighted by atomic mass is 9.74. The van der Waals surface area contributed by atoms with Gasteiger partial charge in [0.15, 0.2) is 0 Å². The molecule has 12 heteroatoms. The zero-order valence-corrected chi connectivity index (χ0v) is 89.8. The lowest BCUT2D eigenvalue weighted by molar-refractivity contribution is 0.256. The first-order valence-electron chi connectivity index (χ1n) is 54.0. The van der Waals surface area contributed by atoms with Gasteiger partial charge in [-0.3, -0.25) is 13.6 Å². The van der Waals surface area contributed by atoms with Gasteiger partial charge in [0.25, 0.3) is 0 Å². The summed E-state index contributed by atoms with van der Waals surface area (Å²) in [6, 6.07) is 40.7. The summed E-state index contributed by atoms with van der Waals surface area (Å²) in [6.45, 7) is 45.9. The molecule has 130 heavy (non-hydrogen) atoms. The summed E-state index contributed by atoms with van der Waals surface area (Å²) in [6.07, 6.45) is 68.6. The SMILES string of the molecule is CCCCCCCCCCCCOP(Oc1cccc(CCCCCCCCC)c1)Oc1cc(C)c(C(C)CC(c2cc(C(C)(C)C)c(OP(OCCCCCCCCCCCC)Oc3cccc(CCCCCCCCC)c3)cc2C)c2cc(C(C)(C)C)c(OP(OCCCCCCCCCCCC)Oc3cccc(CCCCCCCCC)c3)cc2C)cc1C(C)(C)C. The van der Waals surface area contributed by atoms with E-state index in [0.29, 0.717) is 19.8 Å². The van der Waals surface area contributed by atoms with Gasteiger partial charge in [-0.1, -0.05) is 454 Å². The Hall–Kier alpha value is -4.71. The van der Waals surface area contributed by atoms with Gasteiger partial charge in [-0.15, -0.1) is 0 Å². The zero-order chi connectivity index (χ0) is 93.9. The minimum absolute atomic E-state index is 0.0791. The Morgan fingerprint density at radius 2 is 0.462 bits per heavy atom. The van der Waals surface area contributed by atoms with Crippen LogP contribution in [0.3, 0.4) is 0 Å². The molecule has 734 valence electrons. The molecule has 0 amide bonds. The molecule has 0 bridgehead atoms. The molecule has 0 heterocycles. The van der Waals surface area contributed by atoms with Crippen LogP contribution in [0.4, 0.5) is 0 Å². The molecule has 9 nitrogen and oxygen atoms in total. The van der Waals surface area contributed by atoms with Crippen LogP contribution >= 0.6 is 25.8 Å². The molecular weight excluding hydrogens is 1650 g/mol. The second-order valence-corrected chi connectivity index (χ2v) is 45.1. The molecule has 0 fully saturated rings. The first-order chi connectivity index (χ1) is 62.9. The number of rotatable bonds is 77. The van der Waals surface area contributed by atoms with Crippen molar-refractivity contribution in [2.24, 2.45) is 0 Å². The average molecular weight is 1850 g/mol. The molecule has 4 atom stereocenters. The van der Waals surface area contributed by atoms with Gasteiger partial charge in [0.1, 0.15) is 34.5 Å². The van der Waals surface area contributed by atoms with Gasteiger partial charge in [-0.25, -0.2) is 0 Å². The van der Waals surface area contributed by atoms with E-state index >= 15 is 0 Å². The highest BCUT2D eigenvalue weighted by molar-refractivity contribution is 7.43. The van der Waals surface area contributed by atoms with E-state index in [1.54, 1.807) is 0 Å². The van der Waals surface area contributed by atoms with Crippen molar-refractivity contribution in [3.05, 3.63) is 176 Å². The summed E-state index contributed by atoms with van der Waals surface area (Å²) < 4.78 is 64.0. The Morgan fingerprint density at radius 3 is 0.700 bits per heavy atom. The topological polar surface area (TPSA) is 83.1 Å². The maximum atomic E-state index is 7.40. The molecule has 0 saturated carbocycles. The maximum absolute atomic E-state index is 7.40. The third-order valence-corrected chi connectivity index (χ3v) is 29.7.